The topological polar surface area (TPSA) is 52.4 Å². The van der Waals surface area contributed by atoms with E-state index in [1.54, 1.807) is 36.4 Å². The number of rotatable bonds is 5. The van der Waals surface area contributed by atoms with E-state index in [0.29, 0.717) is 21.4 Å². The maximum absolute atomic E-state index is 10.5. The molecule has 0 atom stereocenters. The molecule has 0 aliphatic carbocycles. The molecule has 0 aliphatic rings. The maximum Gasteiger partial charge on any atom is 0.235 e. The van der Waals surface area contributed by atoms with E-state index < -0.39 is 4.92 Å². The highest BCUT2D eigenvalue weighted by molar-refractivity contribution is 9.10. The lowest BCUT2D eigenvalue weighted by Crippen LogP contribution is -1.97. The van der Waals surface area contributed by atoms with Gasteiger partial charge in [-0.2, -0.15) is 0 Å². The lowest BCUT2D eigenvalue weighted by Gasteiger charge is -2.10. The Labute approximate surface area is 145 Å². The fourth-order valence-electron chi connectivity index (χ4n) is 1.71. The second kappa shape index (κ2) is 7.63. The molecule has 0 bridgehead atoms. The van der Waals surface area contributed by atoms with Gasteiger partial charge < -0.3 is 4.74 Å². The largest absolute Gasteiger partial charge is 0.488 e. The Bertz CT molecular complexity index is 735. The summed E-state index contributed by atoms with van der Waals surface area (Å²) in [5.74, 6) is 0.535. The molecule has 0 aromatic heterocycles. The van der Waals surface area contributed by atoms with Crippen molar-refractivity contribution >= 4 is 45.2 Å². The second-order valence-electron chi connectivity index (χ2n) is 4.32. The van der Waals surface area contributed by atoms with Crippen LogP contribution in [0.15, 0.2) is 47.1 Å². The second-order valence-corrected chi connectivity index (χ2v) is 6.05. The monoisotopic (exact) mass is 401 g/mol. The summed E-state index contributed by atoms with van der Waals surface area (Å²) in [4.78, 5) is 9.93. The average Bonchev–Trinajstić information content (AvgIpc) is 2.47. The fraction of sp³-hybridized carbons (Fsp3) is 0.0667. The van der Waals surface area contributed by atoms with Crippen molar-refractivity contribution in [1.82, 2.24) is 0 Å². The Balaban J connectivity index is 2.18. The van der Waals surface area contributed by atoms with Crippen LogP contribution in [0.4, 0.5) is 0 Å². The molecule has 22 heavy (non-hydrogen) atoms. The Morgan fingerprint density at radius 3 is 2.64 bits per heavy atom. The first-order chi connectivity index (χ1) is 10.5. The number of ether oxygens (including phenoxy) is 1. The van der Waals surface area contributed by atoms with Crippen LogP contribution in [0.1, 0.15) is 11.1 Å². The molecule has 2 rings (SSSR count). The Hall–Kier alpha value is -1.56. The van der Waals surface area contributed by atoms with Crippen LogP contribution in [0.5, 0.6) is 5.75 Å². The number of hydrogen-bond donors (Lipinski definition) is 0. The minimum atomic E-state index is -0.524. The van der Waals surface area contributed by atoms with Gasteiger partial charge in [0.25, 0.3) is 0 Å². The highest BCUT2D eigenvalue weighted by Crippen LogP contribution is 2.27. The van der Waals surface area contributed by atoms with Gasteiger partial charge in [-0.05, 0) is 35.9 Å². The van der Waals surface area contributed by atoms with E-state index in [1.165, 1.54) is 6.08 Å². The minimum Gasteiger partial charge on any atom is -0.488 e. The van der Waals surface area contributed by atoms with Crippen LogP contribution >= 0.6 is 39.1 Å². The average molecular weight is 403 g/mol. The van der Waals surface area contributed by atoms with E-state index >= 15 is 0 Å². The summed E-state index contributed by atoms with van der Waals surface area (Å²) in [5.41, 5.74) is 1.45. The van der Waals surface area contributed by atoms with E-state index in [1.807, 2.05) is 0 Å². The van der Waals surface area contributed by atoms with Crippen molar-refractivity contribution in [2.45, 2.75) is 6.61 Å². The molecule has 7 heteroatoms. The molecular formula is C15H10BrCl2NO3. The first kappa shape index (κ1) is 16.8. The van der Waals surface area contributed by atoms with E-state index in [4.69, 9.17) is 27.9 Å². The molecule has 0 fully saturated rings. The number of nitrogens with zero attached hydrogens (tertiary/aromatic N) is 1. The quantitative estimate of drug-likeness (QED) is 0.484. The zero-order chi connectivity index (χ0) is 16.1. The summed E-state index contributed by atoms with van der Waals surface area (Å²) in [7, 11) is 0. The van der Waals surface area contributed by atoms with Gasteiger partial charge in [0.2, 0.25) is 6.20 Å². The van der Waals surface area contributed by atoms with Crippen molar-refractivity contribution in [2.24, 2.45) is 0 Å². The molecule has 0 unspecified atom stereocenters. The summed E-state index contributed by atoms with van der Waals surface area (Å²) in [6, 6.07) is 10.5. The maximum atomic E-state index is 10.5. The fourth-order valence-corrected chi connectivity index (χ4v) is 2.41. The van der Waals surface area contributed by atoms with Crippen molar-refractivity contribution in [3.8, 4) is 5.75 Å². The first-order valence-corrected chi connectivity index (χ1v) is 7.68. The van der Waals surface area contributed by atoms with Crippen molar-refractivity contribution in [3.05, 3.63) is 78.4 Å². The Morgan fingerprint density at radius 2 is 1.95 bits per heavy atom. The summed E-state index contributed by atoms with van der Waals surface area (Å²) < 4.78 is 6.51. The molecule has 0 amide bonds. The zero-order valence-electron chi connectivity index (χ0n) is 11.1. The molecule has 0 spiro atoms. The first-order valence-electron chi connectivity index (χ1n) is 6.13. The predicted octanol–water partition coefficient (Wildman–Crippen LogP) is 5.58. The molecule has 0 saturated carbocycles. The molecule has 0 radical (unpaired) electrons. The lowest BCUT2D eigenvalue weighted by atomic mass is 10.2. The number of hydrogen-bond acceptors (Lipinski definition) is 3. The molecular weight excluding hydrogens is 393 g/mol. The van der Waals surface area contributed by atoms with Crippen LogP contribution < -0.4 is 4.74 Å². The minimum absolute atomic E-state index is 0.276. The van der Waals surface area contributed by atoms with Gasteiger partial charge in [0.05, 0.1) is 15.0 Å². The van der Waals surface area contributed by atoms with Gasteiger partial charge in [0, 0.05) is 16.1 Å². The van der Waals surface area contributed by atoms with Gasteiger partial charge >= 0.3 is 0 Å². The Kier molecular flexibility index (Phi) is 5.83. The third-order valence-corrected chi connectivity index (χ3v) is 3.96. The van der Waals surface area contributed by atoms with Crippen LogP contribution in [-0.2, 0) is 6.61 Å². The van der Waals surface area contributed by atoms with Gasteiger partial charge in [-0.25, -0.2) is 0 Å². The molecule has 0 aliphatic heterocycles. The molecule has 0 heterocycles. The summed E-state index contributed by atoms with van der Waals surface area (Å²) in [6.45, 7) is 0.276. The van der Waals surface area contributed by atoms with Gasteiger partial charge in [-0.15, -0.1) is 0 Å². The molecule has 0 N–H and O–H groups in total. The number of benzene rings is 2. The number of halogens is 3. The zero-order valence-corrected chi connectivity index (χ0v) is 14.2. The van der Waals surface area contributed by atoms with Crippen LogP contribution in [0.3, 0.4) is 0 Å². The molecule has 0 saturated heterocycles. The van der Waals surface area contributed by atoms with Gasteiger partial charge in [-0.3, -0.25) is 10.1 Å². The normalized spacial score (nSPS) is 10.9. The standard InChI is InChI=1S/C15H10BrCl2NO3/c16-12-2-4-15(11(8-12)5-6-19(20)21)22-9-10-1-3-13(17)14(18)7-10/h1-8H,9H2/b6-5+. The van der Waals surface area contributed by atoms with Crippen LogP contribution in [0, 0.1) is 10.1 Å². The van der Waals surface area contributed by atoms with Crippen molar-refractivity contribution in [2.75, 3.05) is 0 Å². The molecule has 4 nitrogen and oxygen atoms in total. The van der Waals surface area contributed by atoms with Crippen LogP contribution in [-0.4, -0.2) is 4.92 Å². The third kappa shape index (κ3) is 4.73. The molecule has 2 aromatic carbocycles. The highest BCUT2D eigenvalue weighted by Gasteiger charge is 2.05. The van der Waals surface area contributed by atoms with Crippen molar-refractivity contribution < 1.29 is 9.66 Å². The smallest absolute Gasteiger partial charge is 0.235 e. The summed E-state index contributed by atoms with van der Waals surface area (Å²) >= 11 is 15.1. The SMILES string of the molecule is O=[N+]([O-])/C=C/c1cc(Br)ccc1OCc1ccc(Cl)c(Cl)c1. The summed E-state index contributed by atoms with van der Waals surface area (Å²) in [6.07, 6.45) is 2.25. The molecule has 114 valence electrons. The highest BCUT2D eigenvalue weighted by atomic mass is 79.9. The Morgan fingerprint density at radius 1 is 1.18 bits per heavy atom. The summed E-state index contributed by atoms with van der Waals surface area (Å²) in [5, 5.41) is 11.4. The van der Waals surface area contributed by atoms with Crippen LogP contribution in [0.2, 0.25) is 10.0 Å². The van der Waals surface area contributed by atoms with E-state index in [-0.39, 0.29) is 6.61 Å². The van der Waals surface area contributed by atoms with Gasteiger partial charge in [0.1, 0.15) is 12.4 Å². The number of nitro groups is 1. The van der Waals surface area contributed by atoms with E-state index in [2.05, 4.69) is 15.9 Å². The lowest BCUT2D eigenvalue weighted by molar-refractivity contribution is -0.400. The van der Waals surface area contributed by atoms with Gasteiger partial charge in [0.15, 0.2) is 0 Å². The van der Waals surface area contributed by atoms with E-state index in [0.717, 1.165) is 16.2 Å². The predicted molar refractivity (Wildman–Crippen MR) is 91.0 cm³/mol. The molecule has 2 aromatic rings. The third-order valence-electron chi connectivity index (χ3n) is 2.73. The van der Waals surface area contributed by atoms with Crippen LogP contribution in [0.25, 0.3) is 6.08 Å². The van der Waals surface area contributed by atoms with Gasteiger partial charge in [-0.1, -0.05) is 45.2 Å². The van der Waals surface area contributed by atoms with Crippen molar-refractivity contribution in [1.29, 1.82) is 0 Å². The van der Waals surface area contributed by atoms with Crippen molar-refractivity contribution in [3.63, 3.8) is 0 Å². The van der Waals surface area contributed by atoms with E-state index in [9.17, 15) is 10.1 Å².